The third kappa shape index (κ3) is 3.66. The van der Waals surface area contributed by atoms with Crippen LogP contribution in [0.5, 0.6) is 0 Å². The largest absolute Gasteiger partial charge is 0.454 e. The SMILES string of the molecule is O=C(OCc1nc2cc(Cl)ccc2c(=O)[nH]1)c1ccc([N+](=O)[O-])cc1Cl. The van der Waals surface area contributed by atoms with Crippen LogP contribution in [0.2, 0.25) is 10.0 Å². The molecular formula is C16H9Cl2N3O5. The molecule has 3 aromatic rings. The molecule has 1 aromatic heterocycles. The number of fused-ring (bicyclic) bond motifs is 1. The van der Waals surface area contributed by atoms with Crippen LogP contribution in [0, 0.1) is 10.1 Å². The van der Waals surface area contributed by atoms with Gasteiger partial charge in [0.25, 0.3) is 11.2 Å². The molecule has 0 saturated heterocycles. The molecule has 10 heteroatoms. The Bertz CT molecular complexity index is 1100. The minimum Gasteiger partial charge on any atom is -0.454 e. The summed E-state index contributed by atoms with van der Waals surface area (Å²) in [6, 6.07) is 8.01. The van der Waals surface area contributed by atoms with Crippen LogP contribution < -0.4 is 5.56 Å². The Kier molecular flexibility index (Phi) is 4.88. The highest BCUT2D eigenvalue weighted by molar-refractivity contribution is 6.33. The molecule has 0 spiro atoms. The van der Waals surface area contributed by atoms with Crippen LogP contribution in [0.1, 0.15) is 16.2 Å². The average Bonchev–Trinajstić information content (AvgIpc) is 2.59. The van der Waals surface area contributed by atoms with Gasteiger partial charge in [-0.2, -0.15) is 0 Å². The minimum atomic E-state index is -0.807. The van der Waals surface area contributed by atoms with E-state index in [1.54, 1.807) is 6.07 Å². The number of carbonyl (C=O) groups excluding carboxylic acids is 1. The second kappa shape index (κ2) is 7.11. The van der Waals surface area contributed by atoms with E-state index in [2.05, 4.69) is 9.97 Å². The molecule has 0 aliphatic rings. The van der Waals surface area contributed by atoms with Crippen molar-refractivity contribution in [3.8, 4) is 0 Å². The molecule has 3 rings (SSSR count). The monoisotopic (exact) mass is 393 g/mol. The van der Waals surface area contributed by atoms with Crippen molar-refractivity contribution in [1.82, 2.24) is 9.97 Å². The second-order valence-electron chi connectivity index (χ2n) is 5.17. The number of nitrogens with one attached hydrogen (secondary N) is 1. The number of hydrogen-bond donors (Lipinski definition) is 1. The smallest absolute Gasteiger partial charge is 0.340 e. The number of benzene rings is 2. The Labute approximate surface area is 155 Å². The van der Waals surface area contributed by atoms with Gasteiger partial charge >= 0.3 is 5.97 Å². The first kappa shape index (κ1) is 17.8. The molecule has 0 unspecified atom stereocenters. The molecular weight excluding hydrogens is 385 g/mol. The van der Waals surface area contributed by atoms with Crippen molar-refractivity contribution >= 4 is 45.8 Å². The number of aromatic amines is 1. The maximum Gasteiger partial charge on any atom is 0.340 e. The lowest BCUT2D eigenvalue weighted by atomic mass is 10.2. The normalized spacial score (nSPS) is 10.7. The summed E-state index contributed by atoms with van der Waals surface area (Å²) in [5, 5.41) is 11.3. The van der Waals surface area contributed by atoms with E-state index in [0.29, 0.717) is 15.9 Å². The maximum atomic E-state index is 12.1. The lowest BCUT2D eigenvalue weighted by molar-refractivity contribution is -0.384. The summed E-state index contributed by atoms with van der Waals surface area (Å²) < 4.78 is 5.07. The molecule has 0 saturated carbocycles. The fourth-order valence-corrected chi connectivity index (χ4v) is 2.64. The standard InChI is InChI=1S/C16H9Cl2N3O5/c17-8-1-3-11-13(5-8)19-14(20-15(11)22)7-26-16(23)10-4-2-9(21(24)25)6-12(10)18/h1-6H,7H2,(H,19,20,22). The van der Waals surface area contributed by atoms with Crippen molar-refractivity contribution in [3.63, 3.8) is 0 Å². The van der Waals surface area contributed by atoms with Crippen molar-refractivity contribution in [2.75, 3.05) is 0 Å². The lowest BCUT2D eigenvalue weighted by Gasteiger charge is -2.07. The average molecular weight is 394 g/mol. The summed E-state index contributed by atoms with van der Waals surface area (Å²) in [4.78, 5) is 40.9. The van der Waals surface area contributed by atoms with E-state index >= 15 is 0 Å². The zero-order valence-corrected chi connectivity index (χ0v) is 14.4. The van der Waals surface area contributed by atoms with Gasteiger partial charge in [0.2, 0.25) is 0 Å². The number of esters is 1. The molecule has 1 heterocycles. The van der Waals surface area contributed by atoms with Crippen molar-refractivity contribution < 1.29 is 14.5 Å². The van der Waals surface area contributed by atoms with Crippen LogP contribution in [-0.4, -0.2) is 20.9 Å². The number of ether oxygens (including phenoxy) is 1. The van der Waals surface area contributed by atoms with Gasteiger partial charge in [-0.05, 0) is 24.3 Å². The predicted octanol–water partition coefficient (Wildman–Crippen LogP) is 3.50. The molecule has 26 heavy (non-hydrogen) atoms. The van der Waals surface area contributed by atoms with Gasteiger partial charge in [-0.15, -0.1) is 0 Å². The first-order valence-electron chi connectivity index (χ1n) is 7.14. The number of nitro benzene ring substituents is 1. The van der Waals surface area contributed by atoms with Crippen LogP contribution in [0.25, 0.3) is 10.9 Å². The number of hydrogen-bond acceptors (Lipinski definition) is 6. The third-order valence-corrected chi connectivity index (χ3v) is 3.99. The van der Waals surface area contributed by atoms with E-state index in [4.69, 9.17) is 27.9 Å². The van der Waals surface area contributed by atoms with E-state index in [1.807, 2.05) is 0 Å². The van der Waals surface area contributed by atoms with Gasteiger partial charge in [-0.3, -0.25) is 14.9 Å². The molecule has 8 nitrogen and oxygen atoms in total. The lowest BCUT2D eigenvalue weighted by Crippen LogP contribution is -2.14. The van der Waals surface area contributed by atoms with Gasteiger partial charge in [0.1, 0.15) is 12.4 Å². The van der Waals surface area contributed by atoms with Crippen LogP contribution >= 0.6 is 23.2 Å². The van der Waals surface area contributed by atoms with Gasteiger partial charge in [0.05, 0.1) is 26.4 Å². The van der Waals surface area contributed by atoms with Crippen molar-refractivity contribution in [2.24, 2.45) is 0 Å². The zero-order valence-electron chi connectivity index (χ0n) is 12.9. The molecule has 0 atom stereocenters. The number of aromatic nitrogens is 2. The van der Waals surface area contributed by atoms with E-state index in [9.17, 15) is 19.7 Å². The van der Waals surface area contributed by atoms with Crippen molar-refractivity contribution in [2.45, 2.75) is 6.61 Å². The van der Waals surface area contributed by atoms with Crippen molar-refractivity contribution in [1.29, 1.82) is 0 Å². The Morgan fingerprint density at radius 3 is 2.69 bits per heavy atom. The Hall–Kier alpha value is -2.97. The summed E-state index contributed by atoms with van der Waals surface area (Å²) in [5.41, 5.74) is -0.320. The number of carbonyl (C=O) groups is 1. The summed E-state index contributed by atoms with van der Waals surface area (Å²) in [6.45, 7) is -0.316. The summed E-state index contributed by atoms with van der Waals surface area (Å²) >= 11 is 11.8. The predicted molar refractivity (Wildman–Crippen MR) is 94.6 cm³/mol. The summed E-state index contributed by atoms with van der Waals surface area (Å²) in [7, 11) is 0. The van der Waals surface area contributed by atoms with Crippen molar-refractivity contribution in [3.05, 3.63) is 78.3 Å². The van der Waals surface area contributed by atoms with Gasteiger partial charge in [0.15, 0.2) is 0 Å². The molecule has 0 aliphatic carbocycles. The highest BCUT2D eigenvalue weighted by Gasteiger charge is 2.16. The molecule has 132 valence electrons. The van der Waals surface area contributed by atoms with Crippen LogP contribution in [0.3, 0.4) is 0 Å². The molecule has 0 fully saturated rings. The van der Waals surface area contributed by atoms with E-state index in [0.717, 1.165) is 12.1 Å². The van der Waals surface area contributed by atoms with E-state index in [1.165, 1.54) is 18.2 Å². The maximum absolute atomic E-state index is 12.1. The zero-order chi connectivity index (χ0) is 18.8. The topological polar surface area (TPSA) is 115 Å². The van der Waals surface area contributed by atoms with Gasteiger partial charge in [-0.25, -0.2) is 9.78 Å². The van der Waals surface area contributed by atoms with Crippen LogP contribution in [-0.2, 0) is 11.3 Å². The molecule has 1 N–H and O–H groups in total. The van der Waals surface area contributed by atoms with Gasteiger partial charge in [-0.1, -0.05) is 23.2 Å². The third-order valence-electron chi connectivity index (χ3n) is 3.44. The molecule has 0 radical (unpaired) electrons. The number of nitrogens with zero attached hydrogens (tertiary/aromatic N) is 2. The summed E-state index contributed by atoms with van der Waals surface area (Å²) in [6.07, 6.45) is 0. The first-order chi connectivity index (χ1) is 12.3. The first-order valence-corrected chi connectivity index (χ1v) is 7.90. The minimum absolute atomic E-state index is 0.0385. The summed E-state index contributed by atoms with van der Waals surface area (Å²) in [5.74, 6) is -0.685. The number of non-ortho nitro benzene ring substituents is 1. The van der Waals surface area contributed by atoms with Gasteiger partial charge < -0.3 is 9.72 Å². The van der Waals surface area contributed by atoms with E-state index in [-0.39, 0.29) is 28.7 Å². The van der Waals surface area contributed by atoms with E-state index < -0.39 is 16.5 Å². The number of halogens is 2. The fourth-order valence-electron chi connectivity index (χ4n) is 2.22. The Morgan fingerprint density at radius 1 is 1.23 bits per heavy atom. The highest BCUT2D eigenvalue weighted by Crippen LogP contribution is 2.23. The highest BCUT2D eigenvalue weighted by atomic mass is 35.5. The van der Waals surface area contributed by atoms with Crippen LogP contribution in [0.15, 0.2) is 41.2 Å². The molecule has 0 amide bonds. The van der Waals surface area contributed by atoms with Gasteiger partial charge in [0, 0.05) is 17.2 Å². The second-order valence-corrected chi connectivity index (χ2v) is 6.02. The Morgan fingerprint density at radius 2 is 2.00 bits per heavy atom. The number of nitro groups is 1. The molecule has 0 aliphatic heterocycles. The molecule has 2 aromatic carbocycles. The Balaban J connectivity index is 1.80. The number of rotatable bonds is 4. The quantitative estimate of drug-likeness (QED) is 0.412. The fraction of sp³-hybridized carbons (Fsp3) is 0.0625. The molecule has 0 bridgehead atoms. The number of H-pyrrole nitrogens is 1. The van der Waals surface area contributed by atoms with Crippen LogP contribution in [0.4, 0.5) is 5.69 Å².